The number of nitro benzene ring substituents is 1. The molecular weight excluding hydrogens is 248 g/mol. The van der Waals surface area contributed by atoms with Crippen molar-refractivity contribution >= 4 is 11.4 Å². The van der Waals surface area contributed by atoms with Crippen molar-refractivity contribution in [2.75, 3.05) is 31.7 Å². The zero-order chi connectivity index (χ0) is 14.1. The highest BCUT2D eigenvalue weighted by Crippen LogP contribution is 2.34. The fraction of sp³-hybridized carbons (Fsp3) is 0.538. The molecule has 0 aliphatic heterocycles. The van der Waals surface area contributed by atoms with Crippen molar-refractivity contribution in [3.63, 3.8) is 0 Å². The second-order valence-electron chi connectivity index (χ2n) is 3.82. The van der Waals surface area contributed by atoms with Crippen LogP contribution in [0, 0.1) is 10.1 Å². The molecule has 6 nitrogen and oxygen atoms in total. The molecule has 6 heteroatoms. The maximum Gasteiger partial charge on any atom is 0.333 e. The zero-order valence-electron chi connectivity index (χ0n) is 11.3. The minimum Gasteiger partial charge on any atom is -0.487 e. The molecule has 0 heterocycles. The Morgan fingerprint density at radius 2 is 2.11 bits per heavy atom. The van der Waals surface area contributed by atoms with Gasteiger partial charge in [0.15, 0.2) is 5.75 Å². The minimum absolute atomic E-state index is 0.0132. The summed E-state index contributed by atoms with van der Waals surface area (Å²) in [5, 5.41) is 14.2. The van der Waals surface area contributed by atoms with Crippen molar-refractivity contribution in [2.24, 2.45) is 0 Å². The molecule has 0 saturated carbocycles. The highest BCUT2D eigenvalue weighted by Gasteiger charge is 2.20. The zero-order valence-corrected chi connectivity index (χ0v) is 11.3. The first-order chi connectivity index (χ1) is 9.20. The summed E-state index contributed by atoms with van der Waals surface area (Å²) in [6.07, 6.45) is 0.795. The fourth-order valence-electron chi connectivity index (χ4n) is 1.67. The number of rotatable bonds is 9. The van der Waals surface area contributed by atoms with Gasteiger partial charge < -0.3 is 14.8 Å². The van der Waals surface area contributed by atoms with Gasteiger partial charge in [-0.05, 0) is 32.4 Å². The summed E-state index contributed by atoms with van der Waals surface area (Å²) < 4.78 is 10.5. The number of para-hydroxylation sites is 1. The molecule has 106 valence electrons. The van der Waals surface area contributed by atoms with Crippen LogP contribution in [0.25, 0.3) is 0 Å². The maximum absolute atomic E-state index is 11.1. The lowest BCUT2D eigenvalue weighted by Gasteiger charge is -2.10. The summed E-state index contributed by atoms with van der Waals surface area (Å²) >= 11 is 0. The van der Waals surface area contributed by atoms with E-state index in [4.69, 9.17) is 9.47 Å². The molecule has 0 aliphatic rings. The Morgan fingerprint density at radius 3 is 2.74 bits per heavy atom. The van der Waals surface area contributed by atoms with Crippen molar-refractivity contribution in [1.29, 1.82) is 0 Å². The molecule has 0 atom stereocenters. The van der Waals surface area contributed by atoms with Crippen LogP contribution in [0.2, 0.25) is 0 Å². The first-order valence-electron chi connectivity index (χ1n) is 6.42. The SMILES string of the molecule is CCOCCCNc1cccc(OCC)c1[N+](=O)[O-]. The predicted octanol–water partition coefficient (Wildman–Crippen LogP) is 2.83. The van der Waals surface area contributed by atoms with E-state index in [1.807, 2.05) is 6.92 Å². The van der Waals surface area contributed by atoms with Gasteiger partial charge in [0, 0.05) is 19.8 Å². The second-order valence-corrected chi connectivity index (χ2v) is 3.82. The van der Waals surface area contributed by atoms with Crippen LogP contribution in [-0.4, -0.2) is 31.3 Å². The molecule has 0 unspecified atom stereocenters. The van der Waals surface area contributed by atoms with E-state index in [1.54, 1.807) is 25.1 Å². The van der Waals surface area contributed by atoms with Crippen LogP contribution in [-0.2, 0) is 4.74 Å². The molecule has 1 aromatic carbocycles. The number of benzene rings is 1. The topological polar surface area (TPSA) is 73.6 Å². The van der Waals surface area contributed by atoms with Crippen LogP contribution in [0.15, 0.2) is 18.2 Å². The van der Waals surface area contributed by atoms with Crippen molar-refractivity contribution in [2.45, 2.75) is 20.3 Å². The van der Waals surface area contributed by atoms with Crippen molar-refractivity contribution in [1.82, 2.24) is 0 Å². The third kappa shape index (κ3) is 4.75. The van der Waals surface area contributed by atoms with Crippen LogP contribution in [0.4, 0.5) is 11.4 Å². The van der Waals surface area contributed by atoms with E-state index in [0.29, 0.717) is 37.8 Å². The Labute approximate surface area is 112 Å². The summed E-state index contributed by atoms with van der Waals surface area (Å²) in [5.74, 6) is 0.294. The summed E-state index contributed by atoms with van der Waals surface area (Å²) in [5.41, 5.74) is 0.466. The second kappa shape index (κ2) is 8.31. The molecule has 0 aliphatic carbocycles. The van der Waals surface area contributed by atoms with Crippen molar-refractivity contribution in [3.8, 4) is 5.75 Å². The van der Waals surface area contributed by atoms with E-state index in [1.165, 1.54) is 0 Å². The molecule has 0 fully saturated rings. The Bertz CT molecular complexity index is 410. The molecule has 1 N–H and O–H groups in total. The first kappa shape index (κ1) is 15.2. The Hall–Kier alpha value is -1.82. The van der Waals surface area contributed by atoms with E-state index in [0.717, 1.165) is 6.42 Å². The lowest BCUT2D eigenvalue weighted by molar-refractivity contribution is -0.384. The average Bonchev–Trinajstić information content (AvgIpc) is 2.38. The van der Waals surface area contributed by atoms with Gasteiger partial charge in [-0.2, -0.15) is 0 Å². The molecule has 0 radical (unpaired) electrons. The molecule has 1 rings (SSSR count). The summed E-state index contributed by atoms with van der Waals surface area (Å²) in [4.78, 5) is 10.7. The molecule has 0 saturated heterocycles. The largest absolute Gasteiger partial charge is 0.487 e. The van der Waals surface area contributed by atoms with Gasteiger partial charge in [0.25, 0.3) is 0 Å². The number of hydrogen-bond donors (Lipinski definition) is 1. The summed E-state index contributed by atoms with van der Waals surface area (Å²) in [6, 6.07) is 5.03. The highest BCUT2D eigenvalue weighted by molar-refractivity contribution is 5.68. The van der Waals surface area contributed by atoms with Crippen LogP contribution in [0.3, 0.4) is 0 Å². The Balaban J connectivity index is 2.70. The quantitative estimate of drug-likeness (QED) is 0.423. The van der Waals surface area contributed by atoms with E-state index in [9.17, 15) is 10.1 Å². The molecule has 19 heavy (non-hydrogen) atoms. The standard InChI is InChI=1S/C13H20N2O4/c1-3-18-10-6-9-14-11-7-5-8-12(19-4-2)13(11)15(16)17/h5,7-8,14H,3-4,6,9-10H2,1-2H3. The lowest BCUT2D eigenvalue weighted by atomic mass is 10.2. The molecule has 1 aromatic rings. The average molecular weight is 268 g/mol. The van der Waals surface area contributed by atoms with E-state index in [2.05, 4.69) is 5.32 Å². The number of anilines is 1. The number of ether oxygens (including phenoxy) is 2. The number of nitrogens with one attached hydrogen (secondary N) is 1. The minimum atomic E-state index is -0.421. The molecule has 0 spiro atoms. The van der Waals surface area contributed by atoms with Crippen LogP contribution < -0.4 is 10.1 Å². The molecular formula is C13H20N2O4. The van der Waals surface area contributed by atoms with E-state index >= 15 is 0 Å². The molecule has 0 bridgehead atoms. The smallest absolute Gasteiger partial charge is 0.333 e. The van der Waals surface area contributed by atoms with Gasteiger partial charge in [0.05, 0.1) is 11.5 Å². The Morgan fingerprint density at radius 1 is 1.32 bits per heavy atom. The van der Waals surface area contributed by atoms with Crippen LogP contribution in [0.5, 0.6) is 5.75 Å². The van der Waals surface area contributed by atoms with Gasteiger partial charge in [-0.1, -0.05) is 6.07 Å². The van der Waals surface area contributed by atoms with Gasteiger partial charge >= 0.3 is 5.69 Å². The van der Waals surface area contributed by atoms with Crippen molar-refractivity contribution in [3.05, 3.63) is 28.3 Å². The third-order valence-electron chi connectivity index (χ3n) is 2.47. The fourth-order valence-corrected chi connectivity index (χ4v) is 1.67. The van der Waals surface area contributed by atoms with Crippen LogP contribution >= 0.6 is 0 Å². The monoisotopic (exact) mass is 268 g/mol. The number of nitro groups is 1. The van der Waals surface area contributed by atoms with Gasteiger partial charge in [0.1, 0.15) is 5.69 Å². The molecule has 0 amide bonds. The van der Waals surface area contributed by atoms with Gasteiger partial charge in [-0.25, -0.2) is 0 Å². The van der Waals surface area contributed by atoms with Crippen molar-refractivity contribution < 1.29 is 14.4 Å². The van der Waals surface area contributed by atoms with E-state index < -0.39 is 4.92 Å². The summed E-state index contributed by atoms with van der Waals surface area (Å²) in [6.45, 7) is 6.07. The first-order valence-corrected chi connectivity index (χ1v) is 6.42. The van der Waals surface area contributed by atoms with Gasteiger partial charge in [0.2, 0.25) is 0 Å². The normalized spacial score (nSPS) is 10.2. The molecule has 0 aromatic heterocycles. The number of hydrogen-bond acceptors (Lipinski definition) is 5. The lowest BCUT2D eigenvalue weighted by Crippen LogP contribution is -2.08. The maximum atomic E-state index is 11.1. The summed E-state index contributed by atoms with van der Waals surface area (Å²) in [7, 11) is 0. The van der Waals surface area contributed by atoms with Gasteiger partial charge in [-0.15, -0.1) is 0 Å². The number of nitrogens with zero attached hydrogens (tertiary/aromatic N) is 1. The Kier molecular flexibility index (Phi) is 6.67. The van der Waals surface area contributed by atoms with E-state index in [-0.39, 0.29) is 5.69 Å². The predicted molar refractivity (Wildman–Crippen MR) is 73.9 cm³/mol. The van der Waals surface area contributed by atoms with Crippen LogP contribution in [0.1, 0.15) is 20.3 Å². The third-order valence-corrected chi connectivity index (χ3v) is 2.47. The highest BCUT2D eigenvalue weighted by atomic mass is 16.6. The van der Waals surface area contributed by atoms with Gasteiger partial charge in [-0.3, -0.25) is 10.1 Å².